The zero-order valence-electron chi connectivity index (χ0n) is 12.7. The Bertz CT molecular complexity index is 813. The van der Waals surface area contributed by atoms with Crippen molar-refractivity contribution in [1.29, 1.82) is 0 Å². The van der Waals surface area contributed by atoms with Gasteiger partial charge in [-0.15, -0.1) is 0 Å². The van der Waals surface area contributed by atoms with Gasteiger partial charge in [0, 0.05) is 12.5 Å². The third-order valence-corrected chi connectivity index (χ3v) is 5.94. The molecule has 0 saturated heterocycles. The molecule has 2 aromatic rings. The molecule has 0 bridgehead atoms. The number of ether oxygens (including phenoxy) is 1. The van der Waals surface area contributed by atoms with Crippen LogP contribution in [-0.4, -0.2) is 15.0 Å². The first-order valence-corrected chi connectivity index (χ1v) is 9.45. The van der Waals surface area contributed by atoms with Crippen LogP contribution in [0.25, 0.3) is 0 Å². The minimum atomic E-state index is -3.54. The van der Waals surface area contributed by atoms with E-state index in [-0.39, 0.29) is 6.04 Å². The number of benzene rings is 2. The summed E-state index contributed by atoms with van der Waals surface area (Å²) < 4.78 is 34.0. The highest BCUT2D eigenvalue weighted by Gasteiger charge is 2.35. The Kier molecular flexibility index (Phi) is 3.62. The Morgan fingerprint density at radius 1 is 1.09 bits per heavy atom. The molecule has 120 valence electrons. The Labute approximate surface area is 136 Å². The van der Waals surface area contributed by atoms with Crippen molar-refractivity contribution < 1.29 is 13.2 Å². The zero-order valence-corrected chi connectivity index (χ0v) is 13.6. The Morgan fingerprint density at radius 2 is 1.87 bits per heavy atom. The number of fused-ring (bicyclic) bond motifs is 1. The molecule has 2 aromatic carbocycles. The van der Waals surface area contributed by atoms with E-state index in [4.69, 9.17) is 4.74 Å². The summed E-state index contributed by atoms with van der Waals surface area (Å²) in [6.07, 6.45) is 2.91. The molecular formula is C18H19NO3S. The molecule has 1 saturated carbocycles. The quantitative estimate of drug-likeness (QED) is 0.917. The van der Waals surface area contributed by atoms with E-state index in [0.29, 0.717) is 17.4 Å². The van der Waals surface area contributed by atoms with Gasteiger partial charge in [0.2, 0.25) is 10.0 Å². The van der Waals surface area contributed by atoms with Gasteiger partial charge in [0.15, 0.2) is 0 Å². The van der Waals surface area contributed by atoms with Crippen molar-refractivity contribution >= 4 is 10.0 Å². The van der Waals surface area contributed by atoms with E-state index in [1.54, 1.807) is 18.2 Å². The summed E-state index contributed by atoms with van der Waals surface area (Å²) in [4.78, 5) is 0.323. The maximum absolute atomic E-state index is 12.8. The molecule has 1 fully saturated rings. The van der Waals surface area contributed by atoms with E-state index in [0.717, 1.165) is 36.1 Å². The lowest BCUT2D eigenvalue weighted by Crippen LogP contribution is -2.30. The smallest absolute Gasteiger partial charge is 0.241 e. The highest BCUT2D eigenvalue weighted by Crippen LogP contribution is 2.41. The summed E-state index contributed by atoms with van der Waals surface area (Å²) >= 11 is 0. The van der Waals surface area contributed by atoms with Crippen LogP contribution in [0.1, 0.15) is 30.0 Å². The number of hydrogen-bond donors (Lipinski definition) is 1. The fraction of sp³-hybridized carbons (Fsp3) is 0.333. The van der Waals surface area contributed by atoms with E-state index >= 15 is 0 Å². The molecule has 4 nitrogen and oxygen atoms in total. The number of rotatable bonds is 5. The lowest BCUT2D eigenvalue weighted by molar-refractivity contribution is 0.356. The molecule has 5 heteroatoms. The van der Waals surface area contributed by atoms with Crippen molar-refractivity contribution in [2.24, 2.45) is 5.92 Å². The number of sulfonamides is 1. The van der Waals surface area contributed by atoms with Crippen molar-refractivity contribution in [3.05, 3.63) is 59.7 Å². The molecule has 0 amide bonds. The number of nitrogens with one attached hydrogen (secondary N) is 1. The normalized spacial score (nSPS) is 18.3. The van der Waals surface area contributed by atoms with E-state index in [2.05, 4.69) is 4.72 Å². The molecule has 1 aliphatic carbocycles. The van der Waals surface area contributed by atoms with Crippen LogP contribution in [0, 0.1) is 5.92 Å². The second kappa shape index (κ2) is 5.65. The Hall–Kier alpha value is -1.85. The van der Waals surface area contributed by atoms with Crippen molar-refractivity contribution in [2.45, 2.75) is 30.2 Å². The van der Waals surface area contributed by atoms with Gasteiger partial charge in [0.25, 0.3) is 0 Å². The third-order valence-electron chi connectivity index (χ3n) is 4.51. The largest absolute Gasteiger partial charge is 0.493 e. The predicted molar refractivity (Wildman–Crippen MR) is 87.9 cm³/mol. The second-order valence-corrected chi connectivity index (χ2v) is 7.93. The molecule has 1 aliphatic heterocycles. The molecular weight excluding hydrogens is 310 g/mol. The topological polar surface area (TPSA) is 55.4 Å². The van der Waals surface area contributed by atoms with Gasteiger partial charge in [-0.2, -0.15) is 0 Å². The standard InChI is InChI=1S/C18H19NO3S/c20-23(21,16-8-9-17-15(12-16)10-11-22-17)19-18(14-6-7-14)13-4-2-1-3-5-13/h1-5,8-9,12,14,18-19H,6-7,10-11H2/t18-/m0/s1. The third kappa shape index (κ3) is 2.99. The Balaban J connectivity index is 1.63. The Morgan fingerprint density at radius 3 is 2.61 bits per heavy atom. The molecule has 23 heavy (non-hydrogen) atoms. The van der Waals surface area contributed by atoms with Crippen molar-refractivity contribution in [1.82, 2.24) is 4.72 Å². The monoisotopic (exact) mass is 329 g/mol. The molecule has 1 heterocycles. The molecule has 0 spiro atoms. The molecule has 0 unspecified atom stereocenters. The van der Waals surface area contributed by atoms with Crippen LogP contribution < -0.4 is 9.46 Å². The average molecular weight is 329 g/mol. The van der Waals surface area contributed by atoms with Gasteiger partial charge >= 0.3 is 0 Å². The molecule has 1 atom stereocenters. The van der Waals surface area contributed by atoms with Gasteiger partial charge in [-0.05, 0) is 48.1 Å². The molecule has 4 rings (SSSR count). The van der Waals surface area contributed by atoms with Gasteiger partial charge in [-0.1, -0.05) is 30.3 Å². The van der Waals surface area contributed by atoms with Crippen LogP contribution in [0.2, 0.25) is 0 Å². The van der Waals surface area contributed by atoms with Crippen LogP contribution in [0.4, 0.5) is 0 Å². The highest BCUT2D eigenvalue weighted by molar-refractivity contribution is 7.89. The van der Waals surface area contributed by atoms with E-state index in [1.165, 1.54) is 0 Å². The summed E-state index contributed by atoms with van der Waals surface area (Å²) in [5, 5.41) is 0. The first-order valence-electron chi connectivity index (χ1n) is 7.96. The fourth-order valence-corrected chi connectivity index (χ4v) is 4.44. The van der Waals surface area contributed by atoms with Crippen LogP contribution in [0.5, 0.6) is 5.75 Å². The summed E-state index contributed by atoms with van der Waals surface area (Å²) in [5.41, 5.74) is 2.00. The van der Waals surface area contributed by atoms with Crippen molar-refractivity contribution in [3.8, 4) is 5.75 Å². The molecule has 1 N–H and O–H groups in total. The van der Waals surface area contributed by atoms with E-state index < -0.39 is 10.0 Å². The molecule has 0 aromatic heterocycles. The average Bonchev–Trinajstić information content (AvgIpc) is 3.30. The van der Waals surface area contributed by atoms with Crippen LogP contribution in [0.3, 0.4) is 0 Å². The minimum absolute atomic E-state index is 0.147. The maximum atomic E-state index is 12.8. The SMILES string of the molecule is O=S(=O)(N[C@@H](c1ccccc1)C1CC1)c1ccc2c(c1)CCO2. The van der Waals surface area contributed by atoms with E-state index in [9.17, 15) is 8.42 Å². The van der Waals surface area contributed by atoms with Crippen molar-refractivity contribution in [3.63, 3.8) is 0 Å². The summed E-state index contributed by atoms with van der Waals surface area (Å²) in [5.74, 6) is 1.19. The van der Waals surface area contributed by atoms with Gasteiger partial charge in [0.1, 0.15) is 5.75 Å². The maximum Gasteiger partial charge on any atom is 0.241 e. The first kappa shape index (κ1) is 14.7. The van der Waals surface area contributed by atoms with Crippen molar-refractivity contribution in [2.75, 3.05) is 6.61 Å². The second-order valence-electron chi connectivity index (χ2n) is 6.22. The minimum Gasteiger partial charge on any atom is -0.493 e. The van der Waals surface area contributed by atoms with Gasteiger partial charge in [-0.3, -0.25) is 0 Å². The lowest BCUT2D eigenvalue weighted by Gasteiger charge is -2.19. The van der Waals surface area contributed by atoms with Gasteiger partial charge < -0.3 is 4.74 Å². The highest BCUT2D eigenvalue weighted by atomic mass is 32.2. The summed E-state index contributed by atoms with van der Waals surface area (Å²) in [6.45, 7) is 0.626. The van der Waals surface area contributed by atoms with Crippen LogP contribution in [-0.2, 0) is 16.4 Å². The van der Waals surface area contributed by atoms with E-state index in [1.807, 2.05) is 30.3 Å². The van der Waals surface area contributed by atoms with Crippen LogP contribution >= 0.6 is 0 Å². The summed E-state index contributed by atoms with van der Waals surface area (Å²) in [7, 11) is -3.54. The zero-order chi connectivity index (χ0) is 15.9. The lowest BCUT2D eigenvalue weighted by atomic mass is 10.0. The van der Waals surface area contributed by atoms with Crippen LogP contribution in [0.15, 0.2) is 53.4 Å². The molecule has 0 radical (unpaired) electrons. The summed E-state index contributed by atoms with van der Waals surface area (Å²) in [6, 6.07) is 14.8. The predicted octanol–water partition coefficient (Wildman–Crippen LogP) is 3.05. The first-order chi connectivity index (χ1) is 11.1. The van der Waals surface area contributed by atoms with Gasteiger partial charge in [0.05, 0.1) is 11.5 Å². The number of hydrogen-bond acceptors (Lipinski definition) is 3. The molecule has 2 aliphatic rings. The fourth-order valence-electron chi connectivity index (χ4n) is 3.09. The van der Waals surface area contributed by atoms with Gasteiger partial charge in [-0.25, -0.2) is 13.1 Å².